The van der Waals surface area contributed by atoms with Crippen LogP contribution in [0.3, 0.4) is 0 Å². The van der Waals surface area contributed by atoms with Gasteiger partial charge in [-0.1, -0.05) is 35.6 Å². The Morgan fingerprint density at radius 3 is 2.67 bits per heavy atom. The van der Waals surface area contributed by atoms with Gasteiger partial charge in [-0.15, -0.1) is 0 Å². The average Bonchev–Trinajstić information content (AvgIpc) is 3.12. The molecule has 1 aliphatic rings. The molecule has 0 fully saturated rings. The Labute approximate surface area is 226 Å². The van der Waals surface area contributed by atoms with Crippen LogP contribution in [0.15, 0.2) is 89.0 Å². The SMILES string of the molecule is O=C(O)C1=CCC=C(C#Cc2cc(Cl)ccc2NS(=O)(=O)c2ccc(OCC(F)(F)F)c3cccnc23)C=C1. The molecule has 7 nitrogen and oxygen atoms in total. The fraction of sp³-hybridized carbons (Fsp3) is 0.111. The van der Waals surface area contributed by atoms with Crippen LogP contribution in [-0.2, 0) is 14.8 Å². The summed E-state index contributed by atoms with van der Waals surface area (Å²) in [5, 5.41) is 9.53. The second kappa shape index (κ2) is 11.2. The maximum atomic E-state index is 13.4. The molecule has 4 rings (SSSR count). The Morgan fingerprint density at radius 2 is 1.92 bits per heavy atom. The molecule has 3 aromatic rings. The number of nitrogens with zero attached hydrogens (tertiary/aromatic N) is 1. The van der Waals surface area contributed by atoms with Crippen LogP contribution in [0.1, 0.15) is 12.0 Å². The summed E-state index contributed by atoms with van der Waals surface area (Å²) in [7, 11) is -4.30. The van der Waals surface area contributed by atoms with Crippen molar-refractivity contribution in [1.82, 2.24) is 4.98 Å². The van der Waals surface area contributed by atoms with Gasteiger partial charge in [0.05, 0.1) is 22.3 Å². The predicted molar refractivity (Wildman–Crippen MR) is 140 cm³/mol. The number of sulfonamides is 1. The first-order valence-corrected chi connectivity index (χ1v) is 13.0. The van der Waals surface area contributed by atoms with Crippen LogP contribution in [-0.4, -0.2) is 37.3 Å². The van der Waals surface area contributed by atoms with Crippen LogP contribution in [0, 0.1) is 11.8 Å². The number of carboxylic acids is 1. The molecule has 1 heterocycles. The highest BCUT2D eigenvalue weighted by atomic mass is 35.5. The Bertz CT molecular complexity index is 1720. The van der Waals surface area contributed by atoms with Crippen molar-refractivity contribution in [3.8, 4) is 17.6 Å². The summed E-state index contributed by atoms with van der Waals surface area (Å²) in [6.07, 6.45) is 3.28. The van der Waals surface area contributed by atoms with Crippen molar-refractivity contribution in [1.29, 1.82) is 0 Å². The maximum absolute atomic E-state index is 13.4. The standard InChI is InChI=1S/C27H18ClF3N2O5S/c28-20-10-11-22(19(15-20)9-7-17-3-1-4-18(8-6-17)26(34)35)33-39(36,37)24-13-12-23(38-16-27(29,30)31)21-5-2-14-32-25(21)24/h2-6,8,10-15,33H,1,16H2,(H,34,35). The smallest absolute Gasteiger partial charge is 0.422 e. The third kappa shape index (κ3) is 6.98. The lowest BCUT2D eigenvalue weighted by atomic mass is 10.1. The number of halogens is 4. The van der Waals surface area contributed by atoms with Crippen molar-refractivity contribution in [2.75, 3.05) is 11.3 Å². The van der Waals surface area contributed by atoms with Gasteiger partial charge in [0, 0.05) is 22.2 Å². The summed E-state index contributed by atoms with van der Waals surface area (Å²) in [5.41, 5.74) is 0.881. The number of carboxylic acid groups (broad SMARTS) is 1. The molecule has 0 aliphatic heterocycles. The zero-order valence-electron chi connectivity index (χ0n) is 19.8. The summed E-state index contributed by atoms with van der Waals surface area (Å²) in [6.45, 7) is -1.55. The second-order valence-corrected chi connectivity index (χ2v) is 10.2. The largest absolute Gasteiger partial charge is 0.483 e. The lowest BCUT2D eigenvalue weighted by molar-refractivity contribution is -0.153. The van der Waals surface area contributed by atoms with Gasteiger partial charge in [-0.05, 0) is 61.0 Å². The summed E-state index contributed by atoms with van der Waals surface area (Å²) in [4.78, 5) is 15.0. The van der Waals surface area contributed by atoms with Gasteiger partial charge in [0.25, 0.3) is 10.0 Å². The molecule has 0 bridgehead atoms. The molecule has 0 saturated heterocycles. The number of rotatable bonds is 6. The highest BCUT2D eigenvalue weighted by molar-refractivity contribution is 7.93. The van der Waals surface area contributed by atoms with Crippen LogP contribution in [0.2, 0.25) is 5.02 Å². The third-order valence-corrected chi connectivity index (χ3v) is 6.94. The van der Waals surface area contributed by atoms with Crippen molar-refractivity contribution in [2.45, 2.75) is 17.5 Å². The fourth-order valence-electron chi connectivity index (χ4n) is 3.55. The Hall–Kier alpha value is -4.27. The summed E-state index contributed by atoms with van der Waals surface area (Å²) in [5.74, 6) is 4.49. The number of anilines is 1. The molecule has 0 saturated carbocycles. The molecule has 12 heteroatoms. The Balaban J connectivity index is 1.67. The van der Waals surface area contributed by atoms with Gasteiger partial charge in [0.2, 0.25) is 0 Å². The van der Waals surface area contributed by atoms with Gasteiger partial charge < -0.3 is 9.84 Å². The summed E-state index contributed by atoms with van der Waals surface area (Å²) >= 11 is 6.11. The molecule has 0 spiro atoms. The minimum Gasteiger partial charge on any atom is -0.483 e. The number of nitrogens with one attached hydrogen (secondary N) is 1. The Kier molecular flexibility index (Phi) is 7.99. The van der Waals surface area contributed by atoms with E-state index in [2.05, 4.69) is 21.5 Å². The number of alkyl halides is 3. The summed E-state index contributed by atoms with van der Waals surface area (Å²) in [6, 6.07) is 9.44. The Morgan fingerprint density at radius 1 is 1.13 bits per heavy atom. The number of aliphatic carboxylic acids is 1. The molecule has 0 atom stereocenters. The molecule has 2 N–H and O–H groups in total. The predicted octanol–water partition coefficient (Wildman–Crippen LogP) is 5.88. The molecule has 0 unspecified atom stereocenters. The van der Waals surface area contributed by atoms with E-state index in [9.17, 15) is 26.4 Å². The van der Waals surface area contributed by atoms with E-state index in [1.54, 1.807) is 6.08 Å². The van der Waals surface area contributed by atoms with Crippen molar-refractivity contribution < 1.29 is 36.2 Å². The molecule has 39 heavy (non-hydrogen) atoms. The molecule has 2 aromatic carbocycles. The molecule has 1 aromatic heterocycles. The van der Waals surface area contributed by atoms with E-state index in [0.29, 0.717) is 17.0 Å². The topological polar surface area (TPSA) is 106 Å². The van der Waals surface area contributed by atoms with E-state index in [1.165, 1.54) is 54.8 Å². The van der Waals surface area contributed by atoms with Gasteiger partial charge in [-0.25, -0.2) is 13.2 Å². The first-order valence-electron chi connectivity index (χ1n) is 11.2. The van der Waals surface area contributed by atoms with Gasteiger partial charge >= 0.3 is 12.1 Å². The quantitative estimate of drug-likeness (QED) is 0.356. The first-order chi connectivity index (χ1) is 18.4. The lowest BCUT2D eigenvalue weighted by Gasteiger charge is -2.15. The van der Waals surface area contributed by atoms with Crippen LogP contribution in [0.4, 0.5) is 18.9 Å². The number of benzene rings is 2. The monoisotopic (exact) mass is 574 g/mol. The molecule has 0 radical (unpaired) electrons. The normalized spacial score (nSPS) is 13.5. The first kappa shape index (κ1) is 27.8. The number of pyridine rings is 1. The van der Waals surface area contributed by atoms with E-state index in [1.807, 2.05) is 0 Å². The lowest BCUT2D eigenvalue weighted by Crippen LogP contribution is -2.19. The molecular weight excluding hydrogens is 557 g/mol. The van der Waals surface area contributed by atoms with Gasteiger partial charge in [0.15, 0.2) is 6.61 Å². The highest BCUT2D eigenvalue weighted by Crippen LogP contribution is 2.32. The van der Waals surface area contributed by atoms with Gasteiger partial charge in [-0.3, -0.25) is 9.71 Å². The molecule has 200 valence electrons. The average molecular weight is 575 g/mol. The maximum Gasteiger partial charge on any atom is 0.422 e. The van der Waals surface area contributed by atoms with E-state index in [4.69, 9.17) is 21.4 Å². The van der Waals surface area contributed by atoms with E-state index < -0.39 is 28.8 Å². The fourth-order valence-corrected chi connectivity index (χ4v) is 4.96. The number of ether oxygens (including phenoxy) is 1. The van der Waals surface area contributed by atoms with Gasteiger partial charge in [-0.2, -0.15) is 13.2 Å². The van der Waals surface area contributed by atoms with Crippen molar-refractivity contribution in [3.05, 3.63) is 94.7 Å². The molecule has 0 amide bonds. The summed E-state index contributed by atoms with van der Waals surface area (Å²) < 4.78 is 72.1. The molecular formula is C27H18ClF3N2O5S. The van der Waals surface area contributed by atoms with Crippen LogP contribution in [0.5, 0.6) is 5.75 Å². The number of hydrogen-bond donors (Lipinski definition) is 2. The zero-order chi connectivity index (χ0) is 28.2. The van der Waals surface area contributed by atoms with E-state index in [-0.39, 0.29) is 38.4 Å². The van der Waals surface area contributed by atoms with Crippen LogP contribution >= 0.6 is 11.6 Å². The number of fused-ring (bicyclic) bond motifs is 1. The third-order valence-electron chi connectivity index (χ3n) is 5.31. The van der Waals surface area contributed by atoms with Crippen LogP contribution in [0.25, 0.3) is 10.9 Å². The zero-order valence-corrected chi connectivity index (χ0v) is 21.4. The van der Waals surface area contributed by atoms with E-state index >= 15 is 0 Å². The second-order valence-electron chi connectivity index (χ2n) is 8.10. The number of hydrogen-bond acceptors (Lipinski definition) is 5. The van der Waals surface area contributed by atoms with Gasteiger partial charge in [0.1, 0.15) is 10.6 Å². The van der Waals surface area contributed by atoms with E-state index in [0.717, 1.165) is 12.1 Å². The highest BCUT2D eigenvalue weighted by Gasteiger charge is 2.29. The number of aromatic nitrogens is 1. The van der Waals surface area contributed by atoms with Crippen LogP contribution < -0.4 is 9.46 Å². The minimum atomic E-state index is -4.58. The number of carbonyl (C=O) groups is 1. The van der Waals surface area contributed by atoms with Crippen molar-refractivity contribution in [3.63, 3.8) is 0 Å². The number of allylic oxidation sites excluding steroid dienone is 4. The van der Waals surface area contributed by atoms with Crippen molar-refractivity contribution in [2.24, 2.45) is 0 Å². The minimum absolute atomic E-state index is 0.0817. The molecule has 1 aliphatic carbocycles. The van der Waals surface area contributed by atoms with Crippen molar-refractivity contribution >= 4 is 44.2 Å².